The molecule has 2 amide bonds. The highest BCUT2D eigenvalue weighted by atomic mass is 32.1. The Bertz CT molecular complexity index is 1680. The molecule has 1 aliphatic rings. The third-order valence-electron chi connectivity index (χ3n) is 9.27. The van der Waals surface area contributed by atoms with E-state index in [0.717, 1.165) is 33.0 Å². The van der Waals surface area contributed by atoms with Crippen LogP contribution in [-0.2, 0) is 21.4 Å². The summed E-state index contributed by atoms with van der Waals surface area (Å²) in [5, 5.41) is 14.5. The Morgan fingerprint density at radius 3 is 2.10 bits per heavy atom. The molecule has 1 aliphatic carbocycles. The maximum absolute atomic E-state index is 13.2. The molecule has 2 heterocycles. The van der Waals surface area contributed by atoms with Crippen LogP contribution < -0.4 is 10.6 Å². The van der Waals surface area contributed by atoms with Gasteiger partial charge in [-0.2, -0.15) is 0 Å². The average molecular weight is 667 g/mol. The number of carboxylic acid groups (broad SMARTS) is 1. The number of rotatable bonds is 12. The summed E-state index contributed by atoms with van der Waals surface area (Å²) in [6.45, 7) is 8.52. The summed E-state index contributed by atoms with van der Waals surface area (Å²) >= 11 is 1.40. The number of aromatic nitrogens is 2. The summed E-state index contributed by atoms with van der Waals surface area (Å²) in [5.74, 6) is 0.360. The molecule has 0 bridgehead atoms. The first kappa shape index (κ1) is 35.0. The van der Waals surface area contributed by atoms with Gasteiger partial charge in [-0.25, -0.2) is 9.97 Å². The van der Waals surface area contributed by atoms with Crippen LogP contribution in [0.5, 0.6) is 0 Å². The molecule has 1 fully saturated rings. The number of nitrogens with zero attached hydrogens (tertiary/aromatic N) is 2. The Labute approximate surface area is 287 Å². The van der Waals surface area contributed by atoms with Gasteiger partial charge in [0, 0.05) is 41.4 Å². The number of carboxylic acids is 1. The van der Waals surface area contributed by atoms with E-state index < -0.39 is 17.9 Å². The van der Waals surface area contributed by atoms with Crippen molar-refractivity contribution in [2.24, 2.45) is 5.92 Å². The molecule has 3 N–H and O–H groups in total. The number of thiophene rings is 1. The van der Waals surface area contributed by atoms with Crippen LogP contribution in [0.25, 0.3) is 22.5 Å². The highest BCUT2D eigenvalue weighted by molar-refractivity contribution is 7.14. The second-order valence-electron chi connectivity index (χ2n) is 13.8. The van der Waals surface area contributed by atoms with Crippen LogP contribution in [0.15, 0.2) is 73.1 Å². The van der Waals surface area contributed by atoms with Gasteiger partial charge in [0.05, 0.1) is 11.3 Å². The van der Waals surface area contributed by atoms with Gasteiger partial charge >= 0.3 is 5.97 Å². The van der Waals surface area contributed by atoms with Crippen LogP contribution >= 0.6 is 11.3 Å². The van der Waals surface area contributed by atoms with E-state index >= 15 is 0 Å². The van der Waals surface area contributed by atoms with Crippen molar-refractivity contribution in [1.82, 2.24) is 20.6 Å². The van der Waals surface area contributed by atoms with Crippen molar-refractivity contribution in [2.75, 3.05) is 6.54 Å². The van der Waals surface area contributed by atoms with Crippen LogP contribution in [0, 0.1) is 5.92 Å². The molecular weight excluding hydrogens is 621 g/mol. The Morgan fingerprint density at radius 1 is 0.875 bits per heavy atom. The number of nitrogens with one attached hydrogen (secondary N) is 2. The first-order chi connectivity index (χ1) is 23.0. The van der Waals surface area contributed by atoms with Crippen molar-refractivity contribution in [1.29, 1.82) is 0 Å². The van der Waals surface area contributed by atoms with Gasteiger partial charge in [0.2, 0.25) is 5.91 Å². The van der Waals surface area contributed by atoms with E-state index in [4.69, 9.17) is 5.11 Å². The number of hydrogen-bond donors (Lipinski definition) is 3. The lowest BCUT2D eigenvalue weighted by atomic mass is 9.78. The molecule has 1 atom stereocenters. The lowest BCUT2D eigenvalue weighted by molar-refractivity contribution is -0.137. The molecule has 1 saturated carbocycles. The van der Waals surface area contributed by atoms with E-state index in [9.17, 15) is 14.4 Å². The van der Waals surface area contributed by atoms with Crippen LogP contribution in [0.2, 0.25) is 0 Å². The molecule has 9 heteroatoms. The third kappa shape index (κ3) is 9.16. The van der Waals surface area contributed by atoms with E-state index in [1.807, 2.05) is 42.7 Å². The minimum Gasteiger partial charge on any atom is -0.481 e. The summed E-state index contributed by atoms with van der Waals surface area (Å²) in [6, 6.07) is 19.3. The van der Waals surface area contributed by atoms with Crippen molar-refractivity contribution in [3.8, 4) is 22.5 Å². The largest absolute Gasteiger partial charge is 0.481 e. The van der Waals surface area contributed by atoms with Crippen molar-refractivity contribution < 1.29 is 19.5 Å². The summed E-state index contributed by atoms with van der Waals surface area (Å²) in [6.07, 6.45) is 10.2. The zero-order chi connectivity index (χ0) is 34.3. The van der Waals surface area contributed by atoms with E-state index in [-0.39, 0.29) is 30.7 Å². The molecular formula is C39H46N4O4S. The third-order valence-corrected chi connectivity index (χ3v) is 10.8. The fraction of sp³-hybridized carbons (Fsp3) is 0.410. The van der Waals surface area contributed by atoms with Crippen LogP contribution in [0.1, 0.15) is 97.8 Å². The summed E-state index contributed by atoms with van der Waals surface area (Å²) < 4.78 is 0. The highest BCUT2D eigenvalue weighted by Gasteiger charge is 2.25. The van der Waals surface area contributed by atoms with Gasteiger partial charge in [0.25, 0.3) is 5.91 Å². The summed E-state index contributed by atoms with van der Waals surface area (Å²) in [5.41, 5.74) is 5.05. The standard InChI is InChI=1S/C39H46N4O4S/c1-5-25-6-10-27(11-7-25)28-14-16-29(17-15-28)31-23-41-36(42-24-31)30-12-8-26(9-13-30)22-32(37(46)40-21-20-35(44)45)43-38(47)33-18-19-34(48-33)39(2,3)4/h8-9,12-19,23-25,27,32H,5-7,10-11,20-22H2,1-4H3,(H,40,46)(H,43,47)(H,44,45)/t25?,27?,32-/m0/s1. The first-order valence-electron chi connectivity index (χ1n) is 16.9. The van der Waals surface area contributed by atoms with Gasteiger partial charge in [0.1, 0.15) is 6.04 Å². The number of carbonyl (C=O) groups excluding carboxylic acids is 2. The molecule has 48 heavy (non-hydrogen) atoms. The van der Waals surface area contributed by atoms with Gasteiger partial charge in [-0.1, -0.05) is 82.6 Å². The van der Waals surface area contributed by atoms with Crippen molar-refractivity contribution in [3.63, 3.8) is 0 Å². The Kier molecular flexibility index (Phi) is 11.4. The van der Waals surface area contributed by atoms with E-state index in [0.29, 0.717) is 16.6 Å². The van der Waals surface area contributed by atoms with Crippen LogP contribution in [0.3, 0.4) is 0 Å². The molecule has 8 nitrogen and oxygen atoms in total. The fourth-order valence-corrected chi connectivity index (χ4v) is 7.19. The summed E-state index contributed by atoms with van der Waals surface area (Å²) in [4.78, 5) is 48.1. The van der Waals surface area contributed by atoms with Crippen molar-refractivity contribution in [2.45, 2.75) is 90.0 Å². The second-order valence-corrected chi connectivity index (χ2v) is 14.9. The van der Waals surface area contributed by atoms with E-state index in [2.05, 4.69) is 72.6 Å². The zero-order valence-corrected chi connectivity index (χ0v) is 29.1. The molecule has 0 spiro atoms. The van der Waals surface area contributed by atoms with Gasteiger partial charge in [-0.3, -0.25) is 14.4 Å². The summed E-state index contributed by atoms with van der Waals surface area (Å²) in [7, 11) is 0. The number of aliphatic carboxylic acids is 1. The van der Waals surface area contributed by atoms with Gasteiger partial charge in [-0.05, 0) is 71.8 Å². The second kappa shape index (κ2) is 15.7. The normalized spacial score (nSPS) is 17.0. The average Bonchev–Trinajstić information content (AvgIpc) is 3.60. The maximum atomic E-state index is 13.2. The molecule has 0 saturated heterocycles. The smallest absolute Gasteiger partial charge is 0.305 e. The zero-order valence-electron chi connectivity index (χ0n) is 28.3. The molecule has 252 valence electrons. The number of benzene rings is 2. The monoisotopic (exact) mass is 666 g/mol. The van der Waals surface area contributed by atoms with Crippen LogP contribution in [-0.4, -0.2) is 45.4 Å². The van der Waals surface area contributed by atoms with Gasteiger partial charge in [0.15, 0.2) is 5.82 Å². The lowest BCUT2D eigenvalue weighted by Gasteiger charge is -2.28. The predicted octanol–water partition coefficient (Wildman–Crippen LogP) is 7.79. The number of hydrogen-bond acceptors (Lipinski definition) is 6. The maximum Gasteiger partial charge on any atom is 0.305 e. The fourth-order valence-electron chi connectivity index (χ4n) is 6.22. The van der Waals surface area contributed by atoms with Crippen LogP contribution in [0.4, 0.5) is 0 Å². The quantitative estimate of drug-likeness (QED) is 0.142. The molecule has 5 rings (SSSR count). The Hall–Kier alpha value is -4.37. The minimum atomic E-state index is -1.01. The first-order valence-corrected chi connectivity index (χ1v) is 17.7. The number of amides is 2. The predicted molar refractivity (Wildman–Crippen MR) is 191 cm³/mol. The van der Waals surface area contributed by atoms with Crippen molar-refractivity contribution in [3.05, 3.63) is 93.9 Å². The number of carbonyl (C=O) groups is 3. The molecule has 4 aromatic rings. The van der Waals surface area contributed by atoms with E-state index in [1.54, 1.807) is 6.07 Å². The Balaban J connectivity index is 1.23. The Morgan fingerprint density at radius 2 is 1.52 bits per heavy atom. The molecule has 0 aliphatic heterocycles. The molecule has 2 aromatic carbocycles. The molecule has 0 unspecified atom stereocenters. The van der Waals surface area contributed by atoms with Gasteiger partial charge < -0.3 is 15.7 Å². The lowest BCUT2D eigenvalue weighted by Crippen LogP contribution is -2.48. The molecule has 0 radical (unpaired) electrons. The van der Waals surface area contributed by atoms with Crippen molar-refractivity contribution >= 4 is 29.1 Å². The SMILES string of the molecule is CCC1CCC(c2ccc(-c3cnc(-c4ccc(C[C@H](NC(=O)c5ccc(C(C)(C)C)s5)C(=O)NCCC(=O)O)cc4)nc3)cc2)CC1. The topological polar surface area (TPSA) is 121 Å². The molecule has 2 aromatic heterocycles. The van der Waals surface area contributed by atoms with E-state index in [1.165, 1.54) is 49.0 Å². The minimum absolute atomic E-state index is 0.0237. The highest BCUT2D eigenvalue weighted by Crippen LogP contribution is 2.37. The van der Waals surface area contributed by atoms with Gasteiger partial charge in [-0.15, -0.1) is 11.3 Å².